The third kappa shape index (κ3) is 6.79. The van der Waals surface area contributed by atoms with Gasteiger partial charge >= 0.3 is 5.97 Å². The maximum atomic E-state index is 12.7. The van der Waals surface area contributed by atoms with Gasteiger partial charge in [0.2, 0.25) is 0 Å². The number of aryl methyl sites for hydroxylation is 1. The highest BCUT2D eigenvalue weighted by Gasteiger charge is 2.20. The molecule has 10 nitrogen and oxygen atoms in total. The lowest BCUT2D eigenvalue weighted by Gasteiger charge is -2.10. The molecule has 0 fully saturated rings. The molecule has 31 heavy (non-hydrogen) atoms. The van der Waals surface area contributed by atoms with Crippen LogP contribution >= 0.6 is 27.5 Å². The molecule has 0 radical (unpaired) electrons. The van der Waals surface area contributed by atoms with Crippen LogP contribution in [-0.4, -0.2) is 33.0 Å². The number of carbonyl (C=O) groups is 2. The Morgan fingerprint density at radius 2 is 2.00 bits per heavy atom. The van der Waals surface area contributed by atoms with Gasteiger partial charge in [0.25, 0.3) is 11.7 Å². The summed E-state index contributed by atoms with van der Waals surface area (Å²) in [7, 11) is 0. The van der Waals surface area contributed by atoms with E-state index in [4.69, 9.17) is 27.8 Å². The molecule has 0 spiro atoms. The van der Waals surface area contributed by atoms with Crippen molar-refractivity contribution in [2.75, 3.05) is 18.1 Å². The van der Waals surface area contributed by atoms with Gasteiger partial charge in [-0.2, -0.15) is 0 Å². The highest BCUT2D eigenvalue weighted by atomic mass is 79.9. The van der Waals surface area contributed by atoms with Crippen LogP contribution in [0.3, 0.4) is 0 Å². The van der Waals surface area contributed by atoms with E-state index in [9.17, 15) is 9.59 Å². The van der Waals surface area contributed by atoms with E-state index in [-0.39, 0.29) is 42.2 Å². The van der Waals surface area contributed by atoms with Crippen LogP contribution < -0.4 is 21.4 Å². The molecule has 2 aromatic heterocycles. The number of amides is 1. The lowest BCUT2D eigenvalue weighted by molar-refractivity contribution is -0.697. The number of rotatable bonds is 7. The number of nitrogens with one attached hydrogen (secondary N) is 1. The molecule has 2 heterocycles. The van der Waals surface area contributed by atoms with Gasteiger partial charge in [0, 0.05) is 4.47 Å². The first-order valence-corrected chi connectivity index (χ1v) is 10.6. The number of nitrogen functional groups attached to an aromatic ring is 2. The van der Waals surface area contributed by atoms with Crippen LogP contribution in [0.15, 0.2) is 35.1 Å². The fraction of sp³-hybridized carbons (Fsp3) is 0.316. The number of nitrogens with two attached hydrogens (primary N) is 2. The molecule has 12 heteroatoms. The standard InChI is InChI=1S/C19H23BrClN7O3/c1-3-27-9-7-12(20)6-5-8-28(11-14(29)31-4-2)13(27)10-24-19(30)15-17(22)26-18(23)16(21)25-15/h5-9H,3-4,10-11H2,1-2H3,(H4-,22,23,24,26,30)/p+1. The van der Waals surface area contributed by atoms with Crippen molar-refractivity contribution in [3.63, 3.8) is 0 Å². The van der Waals surface area contributed by atoms with Crippen LogP contribution in [-0.2, 0) is 29.2 Å². The first kappa shape index (κ1) is 24.4. The molecule has 0 unspecified atom stereocenters. The minimum absolute atomic E-state index is 0.0407. The molecule has 0 saturated carbocycles. The SMILES string of the molecule is CCOC(=O)C[n+]1cccc(Br)ccn(CC)c1CNC(=O)c1nc(Cl)c(N)nc1N. The van der Waals surface area contributed by atoms with Crippen LogP contribution in [0, 0.1) is 0 Å². The molecule has 0 aliphatic heterocycles. The topological polar surface area (TPSA) is 142 Å². The summed E-state index contributed by atoms with van der Waals surface area (Å²) in [5.74, 6) is -0.563. The molecular formula is C19H24BrClN7O3+. The number of hydrogen-bond donors (Lipinski definition) is 3. The second-order valence-electron chi connectivity index (χ2n) is 6.16. The van der Waals surface area contributed by atoms with Gasteiger partial charge in [-0.25, -0.2) is 23.9 Å². The maximum absolute atomic E-state index is 12.7. The lowest BCUT2D eigenvalue weighted by Crippen LogP contribution is -2.46. The summed E-state index contributed by atoms with van der Waals surface area (Å²) >= 11 is 9.32. The molecule has 0 aliphatic carbocycles. The van der Waals surface area contributed by atoms with Gasteiger partial charge in [0.15, 0.2) is 29.0 Å². The van der Waals surface area contributed by atoms with Crippen molar-refractivity contribution >= 4 is 51.0 Å². The van der Waals surface area contributed by atoms with E-state index in [0.717, 1.165) is 4.47 Å². The number of anilines is 2. The number of ether oxygens (including phenoxy) is 1. The van der Waals surface area contributed by atoms with Crippen molar-refractivity contribution in [1.82, 2.24) is 19.9 Å². The van der Waals surface area contributed by atoms with E-state index in [2.05, 4.69) is 31.2 Å². The zero-order valence-electron chi connectivity index (χ0n) is 17.1. The Kier molecular flexibility index (Phi) is 9.01. The van der Waals surface area contributed by atoms with Gasteiger partial charge in [0.1, 0.15) is 6.54 Å². The zero-order chi connectivity index (χ0) is 23.0. The molecule has 166 valence electrons. The Balaban J connectivity index is 2.46. The first-order chi connectivity index (χ1) is 14.8. The Hall–Kier alpha value is -2.92. The number of halogens is 2. The molecule has 2 aromatic rings. The van der Waals surface area contributed by atoms with Crippen molar-refractivity contribution in [2.24, 2.45) is 0 Å². The summed E-state index contributed by atoms with van der Waals surface area (Å²) in [6, 6.07) is 5.46. The average Bonchev–Trinajstić information content (AvgIpc) is 2.78. The lowest BCUT2D eigenvalue weighted by atomic mass is 10.3. The summed E-state index contributed by atoms with van der Waals surface area (Å²) < 4.78 is 9.50. The van der Waals surface area contributed by atoms with Crippen LogP contribution in [0.25, 0.3) is 0 Å². The predicted molar refractivity (Wildman–Crippen MR) is 119 cm³/mol. The summed E-state index contributed by atoms with van der Waals surface area (Å²) in [5.41, 5.74) is 11.2. The second kappa shape index (κ2) is 11.5. The molecule has 0 saturated heterocycles. The van der Waals surface area contributed by atoms with Crippen LogP contribution in [0.1, 0.15) is 30.2 Å². The smallest absolute Gasteiger partial charge is 0.348 e. The Bertz CT molecular complexity index is 1030. The van der Waals surface area contributed by atoms with E-state index < -0.39 is 11.9 Å². The van der Waals surface area contributed by atoms with Gasteiger partial charge < -0.3 is 21.5 Å². The third-order valence-electron chi connectivity index (χ3n) is 4.07. The van der Waals surface area contributed by atoms with Crippen molar-refractivity contribution in [3.8, 4) is 0 Å². The van der Waals surface area contributed by atoms with E-state index >= 15 is 0 Å². The fourth-order valence-electron chi connectivity index (χ4n) is 2.63. The molecule has 2 rings (SSSR count). The zero-order valence-corrected chi connectivity index (χ0v) is 19.5. The number of esters is 1. The van der Waals surface area contributed by atoms with Crippen molar-refractivity contribution < 1.29 is 18.9 Å². The van der Waals surface area contributed by atoms with Crippen molar-refractivity contribution in [2.45, 2.75) is 33.5 Å². The number of aromatic nitrogens is 4. The number of hydrogen-bond acceptors (Lipinski definition) is 7. The van der Waals surface area contributed by atoms with Gasteiger partial charge in [-0.1, -0.05) is 27.5 Å². The van der Waals surface area contributed by atoms with E-state index in [1.807, 2.05) is 29.8 Å². The Labute approximate surface area is 193 Å². The van der Waals surface area contributed by atoms with E-state index in [1.165, 1.54) is 0 Å². The Morgan fingerprint density at radius 3 is 2.68 bits per heavy atom. The number of carbonyl (C=O) groups excluding carboxylic acids is 2. The summed E-state index contributed by atoms with van der Waals surface area (Å²) in [6.07, 6.45) is 3.56. The Morgan fingerprint density at radius 1 is 1.26 bits per heavy atom. The monoisotopic (exact) mass is 512 g/mol. The van der Waals surface area contributed by atoms with Crippen LogP contribution in [0.2, 0.25) is 5.15 Å². The van der Waals surface area contributed by atoms with E-state index in [1.54, 1.807) is 23.8 Å². The minimum atomic E-state index is -0.585. The summed E-state index contributed by atoms with van der Waals surface area (Å²) in [4.78, 5) is 32.6. The molecule has 0 aromatic carbocycles. The molecule has 0 bridgehead atoms. The van der Waals surface area contributed by atoms with Crippen molar-refractivity contribution in [3.05, 3.63) is 51.7 Å². The number of nitrogens with zero attached hydrogens (tertiary/aromatic N) is 4. The molecule has 0 aliphatic rings. The highest BCUT2D eigenvalue weighted by molar-refractivity contribution is 9.10. The third-order valence-corrected chi connectivity index (χ3v) is 4.88. The molecular weight excluding hydrogens is 490 g/mol. The van der Waals surface area contributed by atoms with Gasteiger partial charge in [-0.15, -0.1) is 0 Å². The molecule has 5 N–H and O–H groups in total. The predicted octanol–water partition coefficient (Wildman–Crippen LogP) is 1.78. The normalized spacial score (nSPS) is 10.3. The van der Waals surface area contributed by atoms with Gasteiger partial charge in [0.05, 0.1) is 25.5 Å². The fourth-order valence-corrected chi connectivity index (χ4v) is 3.02. The molecule has 1 amide bonds. The summed E-state index contributed by atoms with van der Waals surface area (Å²) in [5, 5.41) is 2.63. The molecule has 0 atom stereocenters. The summed E-state index contributed by atoms with van der Waals surface area (Å²) in [6.45, 7) is 4.53. The largest absolute Gasteiger partial charge is 0.463 e. The minimum Gasteiger partial charge on any atom is -0.463 e. The van der Waals surface area contributed by atoms with E-state index in [0.29, 0.717) is 12.4 Å². The second-order valence-corrected chi connectivity index (χ2v) is 7.43. The maximum Gasteiger partial charge on any atom is 0.348 e. The first-order valence-electron chi connectivity index (χ1n) is 9.40. The highest BCUT2D eigenvalue weighted by Crippen LogP contribution is 2.17. The van der Waals surface area contributed by atoms with Crippen LogP contribution in [0.5, 0.6) is 0 Å². The van der Waals surface area contributed by atoms with Gasteiger partial charge in [-0.3, -0.25) is 4.79 Å². The quantitative estimate of drug-likeness (QED) is 0.378. The van der Waals surface area contributed by atoms with Crippen molar-refractivity contribution in [1.29, 1.82) is 0 Å². The van der Waals surface area contributed by atoms with Gasteiger partial charge in [-0.05, 0) is 32.0 Å². The average molecular weight is 514 g/mol. The van der Waals surface area contributed by atoms with Crippen LogP contribution in [0.4, 0.5) is 11.6 Å².